The fraction of sp³-hybridized carbons (Fsp3) is 0.400. The number of nitro groups is 1. The van der Waals surface area contributed by atoms with E-state index in [1.807, 2.05) is 6.07 Å². The minimum Gasteiger partial charge on any atom is -0.393 e. The Morgan fingerprint density at radius 2 is 2.07 bits per heavy atom. The predicted molar refractivity (Wildman–Crippen MR) is 57.8 cm³/mol. The highest BCUT2D eigenvalue weighted by Crippen LogP contribution is 2.30. The van der Waals surface area contributed by atoms with Crippen LogP contribution in [0.5, 0.6) is 0 Å². The van der Waals surface area contributed by atoms with Crippen LogP contribution in [-0.2, 0) is 12.8 Å². The Morgan fingerprint density at radius 3 is 2.80 bits per heavy atom. The molecular formula is C10H13N3O2. The third-order valence-corrected chi connectivity index (χ3v) is 2.72. The summed E-state index contributed by atoms with van der Waals surface area (Å²) in [6.45, 7) is 1.64. The third-order valence-electron chi connectivity index (χ3n) is 2.72. The molecule has 0 saturated heterocycles. The van der Waals surface area contributed by atoms with Crippen LogP contribution in [0.1, 0.15) is 11.1 Å². The Morgan fingerprint density at radius 1 is 1.33 bits per heavy atom. The monoisotopic (exact) mass is 207 g/mol. The lowest BCUT2D eigenvalue weighted by molar-refractivity contribution is -0.384. The largest absolute Gasteiger partial charge is 0.393 e. The lowest BCUT2D eigenvalue weighted by Crippen LogP contribution is -2.16. The zero-order chi connectivity index (χ0) is 10.8. The Labute approximate surface area is 87.4 Å². The van der Waals surface area contributed by atoms with Gasteiger partial charge in [0.25, 0.3) is 5.69 Å². The number of anilines is 1. The van der Waals surface area contributed by atoms with E-state index >= 15 is 0 Å². The molecule has 0 fully saturated rings. The van der Waals surface area contributed by atoms with Gasteiger partial charge in [-0.25, -0.2) is 0 Å². The molecule has 0 atom stereocenters. The van der Waals surface area contributed by atoms with Gasteiger partial charge in [0.15, 0.2) is 0 Å². The number of fused-ring (bicyclic) bond motifs is 1. The maximum absolute atomic E-state index is 10.9. The van der Waals surface area contributed by atoms with Crippen LogP contribution in [0.4, 0.5) is 11.4 Å². The molecule has 1 aliphatic rings. The van der Waals surface area contributed by atoms with E-state index in [4.69, 9.17) is 5.73 Å². The van der Waals surface area contributed by atoms with Crippen molar-refractivity contribution in [2.24, 2.45) is 0 Å². The van der Waals surface area contributed by atoms with Gasteiger partial charge >= 0.3 is 0 Å². The van der Waals surface area contributed by atoms with Crippen LogP contribution in [0.25, 0.3) is 0 Å². The average Bonchev–Trinajstić information content (AvgIpc) is 2.41. The van der Waals surface area contributed by atoms with Gasteiger partial charge in [-0.15, -0.1) is 0 Å². The van der Waals surface area contributed by atoms with Crippen molar-refractivity contribution in [3.05, 3.63) is 33.4 Å². The summed E-state index contributed by atoms with van der Waals surface area (Å²) in [4.78, 5) is 10.5. The van der Waals surface area contributed by atoms with Crippen molar-refractivity contribution < 1.29 is 4.92 Å². The molecule has 0 aromatic heterocycles. The lowest BCUT2D eigenvalue weighted by Gasteiger charge is -2.07. The smallest absolute Gasteiger partial charge is 0.295 e. The summed E-state index contributed by atoms with van der Waals surface area (Å²) in [5, 5.41) is 14.1. The summed E-state index contributed by atoms with van der Waals surface area (Å²) in [5.41, 5.74) is 7.83. The normalized spacial score (nSPS) is 15.5. The first-order chi connectivity index (χ1) is 7.20. The van der Waals surface area contributed by atoms with Crippen molar-refractivity contribution in [2.75, 3.05) is 18.8 Å². The molecule has 2 rings (SSSR count). The molecule has 1 aromatic carbocycles. The maximum atomic E-state index is 10.9. The van der Waals surface area contributed by atoms with Crippen LogP contribution in [0.15, 0.2) is 12.1 Å². The number of hydrogen-bond acceptors (Lipinski definition) is 4. The molecule has 15 heavy (non-hydrogen) atoms. The first-order valence-electron chi connectivity index (χ1n) is 4.95. The molecular weight excluding hydrogens is 194 g/mol. The number of hydrogen-bond donors (Lipinski definition) is 2. The third kappa shape index (κ3) is 1.78. The van der Waals surface area contributed by atoms with Gasteiger partial charge in [-0.05, 0) is 37.6 Å². The molecule has 5 nitrogen and oxygen atoms in total. The summed E-state index contributed by atoms with van der Waals surface area (Å²) in [5.74, 6) is 0. The highest BCUT2D eigenvalue weighted by Gasteiger charge is 2.22. The van der Waals surface area contributed by atoms with Gasteiger partial charge in [0.2, 0.25) is 0 Å². The van der Waals surface area contributed by atoms with E-state index in [0.717, 1.165) is 30.6 Å². The number of nitrogen functional groups attached to an aromatic ring is 1. The van der Waals surface area contributed by atoms with Crippen molar-refractivity contribution >= 4 is 11.4 Å². The Kier molecular flexibility index (Phi) is 2.55. The van der Waals surface area contributed by atoms with Crippen molar-refractivity contribution in [3.63, 3.8) is 0 Å². The standard InChI is InChI=1S/C10H13N3O2/c11-9-2-1-7-3-5-12-6-4-8(7)10(9)13(14)15/h1-2,12H,3-6,11H2. The van der Waals surface area contributed by atoms with Gasteiger partial charge in [-0.2, -0.15) is 0 Å². The Bertz CT molecular complexity index is 404. The van der Waals surface area contributed by atoms with Gasteiger partial charge in [0.1, 0.15) is 5.69 Å². The van der Waals surface area contributed by atoms with Crippen LogP contribution < -0.4 is 11.1 Å². The number of nitrogens with zero attached hydrogens (tertiary/aromatic N) is 1. The number of nitrogens with two attached hydrogens (primary N) is 1. The summed E-state index contributed by atoms with van der Waals surface area (Å²) in [6, 6.07) is 3.52. The van der Waals surface area contributed by atoms with Crippen LogP contribution in [-0.4, -0.2) is 18.0 Å². The number of nitro benzene ring substituents is 1. The molecule has 1 aromatic rings. The van der Waals surface area contributed by atoms with Crippen LogP contribution in [0.2, 0.25) is 0 Å². The van der Waals surface area contributed by atoms with E-state index in [1.54, 1.807) is 6.07 Å². The Hall–Kier alpha value is -1.62. The summed E-state index contributed by atoms with van der Waals surface area (Å²) in [7, 11) is 0. The molecule has 0 aliphatic carbocycles. The summed E-state index contributed by atoms with van der Waals surface area (Å²) < 4.78 is 0. The van der Waals surface area contributed by atoms with E-state index in [1.165, 1.54) is 0 Å². The van der Waals surface area contributed by atoms with Gasteiger partial charge in [0, 0.05) is 5.56 Å². The zero-order valence-corrected chi connectivity index (χ0v) is 8.32. The second kappa shape index (κ2) is 3.86. The van der Waals surface area contributed by atoms with Gasteiger partial charge < -0.3 is 11.1 Å². The molecule has 0 saturated carbocycles. The van der Waals surface area contributed by atoms with Crippen molar-refractivity contribution in [3.8, 4) is 0 Å². The lowest BCUT2D eigenvalue weighted by atomic mass is 10.00. The molecule has 5 heteroatoms. The Balaban J connectivity index is 2.56. The fourth-order valence-corrected chi connectivity index (χ4v) is 1.99. The minimum atomic E-state index is -0.376. The second-order valence-electron chi connectivity index (χ2n) is 3.65. The molecule has 0 unspecified atom stereocenters. The molecule has 80 valence electrons. The number of benzene rings is 1. The number of nitrogens with one attached hydrogen (secondary N) is 1. The van der Waals surface area contributed by atoms with E-state index in [0.29, 0.717) is 6.42 Å². The molecule has 0 amide bonds. The molecule has 3 N–H and O–H groups in total. The highest BCUT2D eigenvalue weighted by molar-refractivity contribution is 5.65. The molecule has 0 radical (unpaired) electrons. The molecule has 1 heterocycles. The van der Waals surface area contributed by atoms with Crippen LogP contribution >= 0.6 is 0 Å². The number of rotatable bonds is 1. The maximum Gasteiger partial charge on any atom is 0.295 e. The summed E-state index contributed by atoms with van der Waals surface area (Å²) in [6.07, 6.45) is 1.51. The SMILES string of the molecule is Nc1ccc2c(c1[N+](=O)[O-])CCNCC2. The molecule has 0 bridgehead atoms. The van der Waals surface area contributed by atoms with Crippen LogP contribution in [0, 0.1) is 10.1 Å². The minimum absolute atomic E-state index is 0.0937. The summed E-state index contributed by atoms with van der Waals surface area (Å²) >= 11 is 0. The van der Waals surface area contributed by atoms with E-state index in [-0.39, 0.29) is 16.3 Å². The van der Waals surface area contributed by atoms with Crippen molar-refractivity contribution in [1.29, 1.82) is 0 Å². The quantitative estimate of drug-likeness (QED) is 0.406. The van der Waals surface area contributed by atoms with Crippen LogP contribution in [0.3, 0.4) is 0 Å². The first kappa shape index (κ1) is 9.92. The van der Waals surface area contributed by atoms with E-state index < -0.39 is 0 Å². The van der Waals surface area contributed by atoms with Gasteiger partial charge in [-0.1, -0.05) is 6.07 Å². The molecule has 1 aliphatic heterocycles. The highest BCUT2D eigenvalue weighted by atomic mass is 16.6. The van der Waals surface area contributed by atoms with E-state index in [2.05, 4.69) is 5.32 Å². The zero-order valence-electron chi connectivity index (χ0n) is 8.32. The first-order valence-corrected chi connectivity index (χ1v) is 4.95. The van der Waals surface area contributed by atoms with Gasteiger partial charge in [-0.3, -0.25) is 10.1 Å². The van der Waals surface area contributed by atoms with Gasteiger partial charge in [0.05, 0.1) is 4.92 Å². The van der Waals surface area contributed by atoms with Crippen molar-refractivity contribution in [2.45, 2.75) is 12.8 Å². The second-order valence-corrected chi connectivity index (χ2v) is 3.65. The van der Waals surface area contributed by atoms with E-state index in [9.17, 15) is 10.1 Å². The van der Waals surface area contributed by atoms with Crippen molar-refractivity contribution in [1.82, 2.24) is 5.32 Å². The predicted octanol–water partition coefficient (Wildman–Crippen LogP) is 0.865. The topological polar surface area (TPSA) is 81.2 Å². The average molecular weight is 207 g/mol. The fourth-order valence-electron chi connectivity index (χ4n) is 1.99. The molecule has 0 spiro atoms.